The molecule has 0 aliphatic heterocycles. The lowest BCUT2D eigenvalue weighted by molar-refractivity contribution is 0.725. The van der Waals surface area contributed by atoms with E-state index in [2.05, 4.69) is 72.6 Å². The lowest BCUT2D eigenvalue weighted by atomic mass is 9.84. The number of rotatable bonds is 1. The number of allylic oxidation sites excluding steroid dienone is 1. The number of nitrogens with one attached hydrogen (secondary N) is 1. The van der Waals surface area contributed by atoms with Crippen LogP contribution in [0.5, 0.6) is 0 Å². The number of para-hydroxylation sites is 1. The van der Waals surface area contributed by atoms with Crippen molar-refractivity contribution >= 4 is 22.6 Å². The van der Waals surface area contributed by atoms with E-state index in [4.69, 9.17) is 0 Å². The lowest BCUT2D eigenvalue weighted by Crippen LogP contribution is -2.08. The van der Waals surface area contributed by atoms with Crippen molar-refractivity contribution in [3.05, 3.63) is 71.4 Å². The number of H-pyrrole nitrogens is 1. The maximum atomic E-state index is 3.57. The summed E-state index contributed by atoms with van der Waals surface area (Å²) in [5.74, 6) is 0.554. The van der Waals surface area contributed by atoms with E-state index in [9.17, 15) is 0 Å². The SMILES string of the molecule is C[C@@H]1Cc2[nH]c3ccccc3c2C=C1c1ccccc1. The first-order valence-corrected chi connectivity index (χ1v) is 7.19. The molecule has 1 heterocycles. The van der Waals surface area contributed by atoms with Crippen LogP contribution in [0, 0.1) is 5.92 Å². The maximum Gasteiger partial charge on any atom is 0.0462 e. The molecule has 0 unspecified atom stereocenters. The summed E-state index contributed by atoms with van der Waals surface area (Å²) >= 11 is 0. The Kier molecular flexibility index (Phi) is 2.53. The lowest BCUT2D eigenvalue weighted by Gasteiger charge is -2.21. The second-order valence-electron chi connectivity index (χ2n) is 5.63. The Balaban J connectivity index is 1.94. The zero-order valence-corrected chi connectivity index (χ0v) is 11.6. The highest BCUT2D eigenvalue weighted by atomic mass is 14.7. The predicted octanol–water partition coefficient (Wildman–Crippen LogP) is 4.90. The van der Waals surface area contributed by atoms with Crippen LogP contribution in [0.25, 0.3) is 22.6 Å². The van der Waals surface area contributed by atoms with Crippen LogP contribution in [-0.4, -0.2) is 4.98 Å². The van der Waals surface area contributed by atoms with Crippen LogP contribution in [0.1, 0.15) is 23.7 Å². The molecule has 1 aliphatic rings. The van der Waals surface area contributed by atoms with Gasteiger partial charge in [0.1, 0.15) is 0 Å². The van der Waals surface area contributed by atoms with Gasteiger partial charge in [-0.15, -0.1) is 0 Å². The number of hydrogen-bond donors (Lipinski definition) is 1. The molecule has 2 aromatic carbocycles. The largest absolute Gasteiger partial charge is 0.358 e. The molecule has 4 rings (SSSR count). The fourth-order valence-corrected chi connectivity index (χ4v) is 3.26. The monoisotopic (exact) mass is 259 g/mol. The van der Waals surface area contributed by atoms with Crippen LogP contribution in [0.15, 0.2) is 54.6 Å². The first kappa shape index (κ1) is 11.5. The van der Waals surface area contributed by atoms with Crippen molar-refractivity contribution < 1.29 is 0 Å². The van der Waals surface area contributed by atoms with E-state index in [-0.39, 0.29) is 0 Å². The van der Waals surface area contributed by atoms with Crippen molar-refractivity contribution in [1.29, 1.82) is 0 Å². The van der Waals surface area contributed by atoms with Gasteiger partial charge in [0.15, 0.2) is 0 Å². The van der Waals surface area contributed by atoms with E-state index in [1.165, 1.54) is 33.3 Å². The van der Waals surface area contributed by atoms with Crippen molar-refractivity contribution in [2.75, 3.05) is 0 Å². The van der Waals surface area contributed by atoms with E-state index in [1.54, 1.807) is 0 Å². The van der Waals surface area contributed by atoms with Gasteiger partial charge in [-0.2, -0.15) is 0 Å². The van der Waals surface area contributed by atoms with Crippen molar-refractivity contribution in [2.45, 2.75) is 13.3 Å². The summed E-state index contributed by atoms with van der Waals surface area (Å²) in [6.45, 7) is 2.31. The molecule has 0 fully saturated rings. The van der Waals surface area contributed by atoms with Gasteiger partial charge in [-0.05, 0) is 35.6 Å². The minimum Gasteiger partial charge on any atom is -0.358 e. The Morgan fingerprint density at radius 3 is 2.55 bits per heavy atom. The minimum atomic E-state index is 0.554. The van der Waals surface area contributed by atoms with Gasteiger partial charge in [-0.25, -0.2) is 0 Å². The Labute approximate surface area is 119 Å². The number of fused-ring (bicyclic) bond motifs is 3. The van der Waals surface area contributed by atoms with Crippen LogP contribution in [0.2, 0.25) is 0 Å². The van der Waals surface area contributed by atoms with Gasteiger partial charge in [0.05, 0.1) is 0 Å². The normalized spacial score (nSPS) is 17.9. The molecule has 1 aliphatic carbocycles. The van der Waals surface area contributed by atoms with Crippen LogP contribution >= 0.6 is 0 Å². The molecule has 98 valence electrons. The van der Waals surface area contributed by atoms with Crippen molar-refractivity contribution in [3.8, 4) is 0 Å². The number of hydrogen-bond acceptors (Lipinski definition) is 0. The highest BCUT2D eigenvalue weighted by molar-refractivity contribution is 5.97. The fourth-order valence-electron chi connectivity index (χ4n) is 3.26. The van der Waals surface area contributed by atoms with E-state index < -0.39 is 0 Å². The third kappa shape index (κ3) is 1.70. The van der Waals surface area contributed by atoms with E-state index in [0.29, 0.717) is 5.92 Å². The standard InChI is InChI=1S/C19H17N/c1-13-11-19-17(15-9-5-6-10-18(15)20-19)12-16(13)14-7-3-2-4-8-14/h2-10,12-13,20H,11H2,1H3/t13-/m1/s1. The van der Waals surface area contributed by atoms with Gasteiger partial charge in [0.2, 0.25) is 0 Å². The summed E-state index contributed by atoms with van der Waals surface area (Å²) in [5.41, 5.74) is 6.78. The van der Waals surface area contributed by atoms with E-state index >= 15 is 0 Å². The molecule has 1 nitrogen and oxygen atoms in total. The Bertz CT molecular complexity index is 793. The number of aromatic amines is 1. The molecule has 0 amide bonds. The third-order valence-electron chi connectivity index (χ3n) is 4.28. The van der Waals surface area contributed by atoms with Gasteiger partial charge >= 0.3 is 0 Å². The predicted molar refractivity (Wildman–Crippen MR) is 85.5 cm³/mol. The highest BCUT2D eigenvalue weighted by Crippen LogP contribution is 2.37. The third-order valence-corrected chi connectivity index (χ3v) is 4.28. The van der Waals surface area contributed by atoms with Crippen LogP contribution < -0.4 is 0 Å². The zero-order chi connectivity index (χ0) is 13.5. The summed E-state index contributed by atoms with van der Waals surface area (Å²) in [4.78, 5) is 3.57. The maximum absolute atomic E-state index is 3.57. The second-order valence-corrected chi connectivity index (χ2v) is 5.63. The molecule has 1 heteroatoms. The highest BCUT2D eigenvalue weighted by Gasteiger charge is 2.21. The van der Waals surface area contributed by atoms with Gasteiger partial charge in [0.25, 0.3) is 0 Å². The topological polar surface area (TPSA) is 15.8 Å². The average Bonchev–Trinajstić information content (AvgIpc) is 2.84. The fraction of sp³-hybridized carbons (Fsp3) is 0.158. The van der Waals surface area contributed by atoms with Crippen LogP contribution in [-0.2, 0) is 6.42 Å². The van der Waals surface area contributed by atoms with Crippen molar-refractivity contribution in [3.63, 3.8) is 0 Å². The van der Waals surface area contributed by atoms with E-state index in [0.717, 1.165) is 6.42 Å². The van der Waals surface area contributed by atoms with Crippen molar-refractivity contribution in [1.82, 2.24) is 4.98 Å². The summed E-state index contributed by atoms with van der Waals surface area (Å²) in [5, 5.41) is 1.34. The molecule has 0 saturated heterocycles. The quantitative estimate of drug-likeness (QED) is 0.639. The first-order chi connectivity index (χ1) is 9.83. The summed E-state index contributed by atoms with van der Waals surface area (Å²) in [6, 6.07) is 19.3. The number of aromatic nitrogens is 1. The molecular weight excluding hydrogens is 242 g/mol. The zero-order valence-electron chi connectivity index (χ0n) is 11.6. The summed E-state index contributed by atoms with van der Waals surface area (Å²) < 4.78 is 0. The molecule has 1 atom stereocenters. The molecule has 1 N–H and O–H groups in total. The molecule has 0 bridgehead atoms. The Morgan fingerprint density at radius 1 is 0.950 bits per heavy atom. The second kappa shape index (κ2) is 4.38. The minimum absolute atomic E-state index is 0.554. The summed E-state index contributed by atoms with van der Waals surface area (Å²) in [7, 11) is 0. The first-order valence-electron chi connectivity index (χ1n) is 7.19. The molecule has 1 aromatic heterocycles. The number of benzene rings is 2. The van der Waals surface area contributed by atoms with Gasteiger partial charge in [-0.1, -0.05) is 55.5 Å². The van der Waals surface area contributed by atoms with Crippen LogP contribution in [0.4, 0.5) is 0 Å². The molecule has 0 saturated carbocycles. The smallest absolute Gasteiger partial charge is 0.0462 e. The molecule has 20 heavy (non-hydrogen) atoms. The van der Waals surface area contributed by atoms with Gasteiger partial charge in [0, 0.05) is 22.2 Å². The van der Waals surface area contributed by atoms with Gasteiger partial charge < -0.3 is 4.98 Å². The average molecular weight is 259 g/mol. The van der Waals surface area contributed by atoms with E-state index in [1.807, 2.05) is 0 Å². The summed E-state index contributed by atoms with van der Waals surface area (Å²) in [6.07, 6.45) is 3.46. The molecule has 3 aromatic rings. The molecular formula is C19H17N. The Morgan fingerprint density at radius 2 is 1.70 bits per heavy atom. The van der Waals surface area contributed by atoms with Gasteiger partial charge in [-0.3, -0.25) is 0 Å². The van der Waals surface area contributed by atoms with Crippen LogP contribution in [0.3, 0.4) is 0 Å². The van der Waals surface area contributed by atoms with Crippen molar-refractivity contribution in [2.24, 2.45) is 5.92 Å². The Hall–Kier alpha value is -2.28. The molecule has 0 spiro atoms. The molecule has 0 radical (unpaired) electrons.